The molecule has 0 saturated heterocycles. The molecule has 0 spiro atoms. The van der Waals surface area contributed by atoms with Crippen molar-refractivity contribution in [2.45, 2.75) is 19.3 Å². The quantitative estimate of drug-likeness (QED) is 0.804. The third-order valence-corrected chi connectivity index (χ3v) is 4.53. The lowest BCUT2D eigenvalue weighted by Gasteiger charge is -2.09. The number of Topliss-reactive ketones (excluding diaryl/α,β-unsaturated/α-hetero) is 1. The zero-order chi connectivity index (χ0) is 12.3. The Morgan fingerprint density at radius 1 is 1.22 bits per heavy atom. The van der Waals surface area contributed by atoms with Gasteiger partial charge in [0.15, 0.2) is 5.78 Å². The Labute approximate surface area is 104 Å². The number of hydrogen-bond acceptors (Lipinski definition) is 1. The summed E-state index contributed by atoms with van der Waals surface area (Å²) in [7, 11) is 0. The maximum absolute atomic E-state index is 13.8. The van der Waals surface area contributed by atoms with Gasteiger partial charge in [0, 0.05) is 28.6 Å². The van der Waals surface area contributed by atoms with Gasteiger partial charge in [-0.1, -0.05) is 6.07 Å². The summed E-state index contributed by atoms with van der Waals surface area (Å²) >= 11 is 0. The Hall–Kier alpha value is -1.64. The number of aromatic amines is 1. The summed E-state index contributed by atoms with van der Waals surface area (Å²) in [6.45, 7) is 0. The Morgan fingerprint density at radius 2 is 2.00 bits per heavy atom. The number of rotatable bonds is 2. The number of H-pyrrole nitrogens is 1. The minimum atomic E-state index is -0.305. The van der Waals surface area contributed by atoms with E-state index in [9.17, 15) is 9.18 Å². The Bertz CT molecular complexity index is 635. The molecule has 3 heteroatoms. The van der Waals surface area contributed by atoms with Crippen LogP contribution in [0.25, 0.3) is 10.9 Å². The third kappa shape index (κ3) is 1.36. The highest BCUT2D eigenvalue weighted by Gasteiger charge is 2.48. The molecule has 18 heavy (non-hydrogen) atoms. The van der Waals surface area contributed by atoms with Crippen molar-refractivity contribution in [1.29, 1.82) is 0 Å². The standard InChI is InChI=1S/C15H14FNO/c16-12-2-1-3-13-14(12)11(7-17-13)15(18)10-5-8-4-9(8)6-10/h1-3,7-10,17H,4-6H2. The molecule has 0 bridgehead atoms. The Kier molecular flexibility index (Phi) is 1.97. The highest BCUT2D eigenvalue weighted by atomic mass is 19.1. The van der Waals surface area contributed by atoms with E-state index in [4.69, 9.17) is 0 Å². The zero-order valence-electron chi connectivity index (χ0n) is 9.95. The van der Waals surface area contributed by atoms with Gasteiger partial charge in [-0.3, -0.25) is 4.79 Å². The fourth-order valence-electron chi connectivity index (χ4n) is 3.48. The molecule has 0 aliphatic heterocycles. The first-order valence-electron chi connectivity index (χ1n) is 6.54. The molecule has 2 atom stereocenters. The van der Waals surface area contributed by atoms with Crippen molar-refractivity contribution in [3.05, 3.63) is 35.8 Å². The van der Waals surface area contributed by atoms with Crippen molar-refractivity contribution in [1.82, 2.24) is 4.98 Å². The van der Waals surface area contributed by atoms with E-state index in [1.54, 1.807) is 18.3 Å². The van der Waals surface area contributed by atoms with Crippen molar-refractivity contribution in [3.8, 4) is 0 Å². The van der Waals surface area contributed by atoms with Gasteiger partial charge < -0.3 is 4.98 Å². The van der Waals surface area contributed by atoms with Crippen molar-refractivity contribution < 1.29 is 9.18 Å². The van der Waals surface area contributed by atoms with Crippen LogP contribution in [0.5, 0.6) is 0 Å². The van der Waals surface area contributed by atoms with E-state index >= 15 is 0 Å². The van der Waals surface area contributed by atoms with E-state index in [0.29, 0.717) is 16.5 Å². The lowest BCUT2D eigenvalue weighted by molar-refractivity contribution is 0.0916. The largest absolute Gasteiger partial charge is 0.360 e. The number of carbonyl (C=O) groups is 1. The molecule has 1 aromatic carbocycles. The van der Waals surface area contributed by atoms with Crippen molar-refractivity contribution in [2.24, 2.45) is 17.8 Å². The summed E-state index contributed by atoms with van der Waals surface area (Å²) in [5, 5.41) is 0.461. The molecule has 2 unspecified atom stereocenters. The number of benzene rings is 1. The van der Waals surface area contributed by atoms with Crippen LogP contribution in [0.3, 0.4) is 0 Å². The predicted octanol–water partition coefficient (Wildman–Crippen LogP) is 3.54. The summed E-state index contributed by atoms with van der Waals surface area (Å²) in [5.41, 5.74) is 1.25. The predicted molar refractivity (Wildman–Crippen MR) is 66.9 cm³/mol. The average Bonchev–Trinajstić information content (AvgIpc) is 2.81. The molecule has 1 N–H and O–H groups in total. The SMILES string of the molecule is O=C(c1c[nH]c2cccc(F)c12)C1CC2CC2C1. The van der Waals surface area contributed by atoms with E-state index in [1.165, 1.54) is 12.5 Å². The van der Waals surface area contributed by atoms with Gasteiger partial charge >= 0.3 is 0 Å². The summed E-state index contributed by atoms with van der Waals surface area (Å²) in [5.74, 6) is 1.48. The van der Waals surface area contributed by atoms with E-state index in [0.717, 1.165) is 24.7 Å². The van der Waals surface area contributed by atoms with Crippen LogP contribution >= 0.6 is 0 Å². The molecule has 2 saturated carbocycles. The number of carbonyl (C=O) groups excluding carboxylic acids is 1. The fraction of sp³-hybridized carbons (Fsp3) is 0.400. The van der Waals surface area contributed by atoms with Gasteiger partial charge in [0.05, 0.1) is 0 Å². The van der Waals surface area contributed by atoms with Crippen molar-refractivity contribution in [3.63, 3.8) is 0 Å². The van der Waals surface area contributed by atoms with Crippen LogP contribution in [0.4, 0.5) is 4.39 Å². The van der Waals surface area contributed by atoms with Crippen LogP contribution < -0.4 is 0 Å². The van der Waals surface area contributed by atoms with E-state index in [-0.39, 0.29) is 17.5 Å². The first-order chi connectivity index (χ1) is 8.74. The molecule has 2 aliphatic rings. The molecular formula is C15H14FNO. The van der Waals surface area contributed by atoms with Gasteiger partial charge in [0.25, 0.3) is 0 Å². The third-order valence-electron chi connectivity index (χ3n) is 4.53. The second kappa shape index (κ2) is 3.44. The van der Waals surface area contributed by atoms with E-state index in [1.807, 2.05) is 0 Å². The number of halogens is 1. The lowest BCUT2D eigenvalue weighted by Crippen LogP contribution is -2.12. The molecule has 2 nitrogen and oxygen atoms in total. The van der Waals surface area contributed by atoms with Gasteiger partial charge in [0.1, 0.15) is 5.82 Å². The van der Waals surface area contributed by atoms with Gasteiger partial charge in [0.2, 0.25) is 0 Å². The van der Waals surface area contributed by atoms with E-state index < -0.39 is 0 Å². The van der Waals surface area contributed by atoms with Crippen LogP contribution in [0.2, 0.25) is 0 Å². The topological polar surface area (TPSA) is 32.9 Å². The molecule has 2 fully saturated rings. The zero-order valence-corrected chi connectivity index (χ0v) is 9.95. The molecule has 1 heterocycles. The van der Waals surface area contributed by atoms with Gasteiger partial charge in [-0.05, 0) is 43.2 Å². The van der Waals surface area contributed by atoms with Crippen molar-refractivity contribution >= 4 is 16.7 Å². The molecule has 0 radical (unpaired) electrons. The maximum atomic E-state index is 13.8. The monoisotopic (exact) mass is 243 g/mol. The highest BCUT2D eigenvalue weighted by molar-refractivity contribution is 6.09. The summed E-state index contributed by atoms with van der Waals surface area (Å²) in [6.07, 6.45) is 4.97. The van der Waals surface area contributed by atoms with Crippen molar-refractivity contribution in [2.75, 3.05) is 0 Å². The second-order valence-corrected chi connectivity index (χ2v) is 5.65. The smallest absolute Gasteiger partial charge is 0.168 e. The second-order valence-electron chi connectivity index (χ2n) is 5.65. The first kappa shape index (κ1) is 10.3. The molecule has 92 valence electrons. The number of nitrogens with one attached hydrogen (secondary N) is 1. The van der Waals surface area contributed by atoms with Gasteiger partial charge in [-0.25, -0.2) is 4.39 Å². The Balaban J connectivity index is 1.75. The summed E-state index contributed by atoms with van der Waals surface area (Å²) < 4.78 is 13.8. The number of ketones is 1. The summed E-state index contributed by atoms with van der Waals surface area (Å²) in [4.78, 5) is 15.4. The van der Waals surface area contributed by atoms with E-state index in [2.05, 4.69) is 4.98 Å². The molecule has 4 rings (SSSR count). The maximum Gasteiger partial charge on any atom is 0.168 e. The normalized spacial score (nSPS) is 29.5. The number of fused-ring (bicyclic) bond motifs is 2. The fourth-order valence-corrected chi connectivity index (χ4v) is 3.48. The van der Waals surface area contributed by atoms with Crippen LogP contribution in [-0.2, 0) is 0 Å². The lowest BCUT2D eigenvalue weighted by atomic mass is 9.93. The minimum absolute atomic E-state index is 0.118. The van der Waals surface area contributed by atoms with Crippen LogP contribution in [0.15, 0.2) is 24.4 Å². The first-order valence-corrected chi connectivity index (χ1v) is 6.54. The summed E-state index contributed by atoms with van der Waals surface area (Å²) in [6, 6.07) is 4.88. The molecule has 2 aromatic rings. The number of aromatic nitrogens is 1. The van der Waals surface area contributed by atoms with Gasteiger partial charge in [-0.2, -0.15) is 0 Å². The molecule has 1 aromatic heterocycles. The van der Waals surface area contributed by atoms with Crippen LogP contribution in [0.1, 0.15) is 29.6 Å². The van der Waals surface area contributed by atoms with Gasteiger partial charge in [-0.15, -0.1) is 0 Å². The minimum Gasteiger partial charge on any atom is -0.360 e. The Morgan fingerprint density at radius 3 is 2.78 bits per heavy atom. The molecule has 2 aliphatic carbocycles. The van der Waals surface area contributed by atoms with Crippen LogP contribution in [0, 0.1) is 23.6 Å². The van der Waals surface area contributed by atoms with Crippen LogP contribution in [-0.4, -0.2) is 10.8 Å². The highest BCUT2D eigenvalue weighted by Crippen LogP contribution is 2.55. The number of hydrogen-bond donors (Lipinski definition) is 1. The molecular weight excluding hydrogens is 229 g/mol. The average molecular weight is 243 g/mol. The molecule has 0 amide bonds.